The zero-order chi connectivity index (χ0) is 25.3. The smallest absolute Gasteiger partial charge is 0.343 e. The Morgan fingerprint density at radius 3 is 2.03 bits per heavy atom. The SMILES string of the molecule is CN[C@@H](CC(C)C)C(=O)N[C@@H](Cc1ccc(OC(=O)c2ccccc2)cc1)C(=O)NC(C)(C)C. The number of hydrogen-bond acceptors (Lipinski definition) is 5. The van der Waals surface area contributed by atoms with Crippen LogP contribution in [-0.4, -0.2) is 42.5 Å². The number of carbonyl (C=O) groups excluding carboxylic acids is 3. The Morgan fingerprint density at radius 2 is 1.50 bits per heavy atom. The third-order valence-corrected chi connectivity index (χ3v) is 5.09. The first-order valence-corrected chi connectivity index (χ1v) is 11.6. The summed E-state index contributed by atoms with van der Waals surface area (Å²) in [6.07, 6.45) is 0.968. The molecule has 0 unspecified atom stereocenters. The van der Waals surface area contributed by atoms with Crippen molar-refractivity contribution in [3.05, 3.63) is 65.7 Å². The van der Waals surface area contributed by atoms with E-state index >= 15 is 0 Å². The first kappa shape index (κ1) is 27.1. The minimum absolute atomic E-state index is 0.210. The van der Waals surface area contributed by atoms with Crippen molar-refractivity contribution < 1.29 is 19.1 Å². The molecule has 184 valence electrons. The molecule has 0 aliphatic carbocycles. The van der Waals surface area contributed by atoms with Crippen molar-refractivity contribution in [2.75, 3.05) is 7.05 Å². The fraction of sp³-hybridized carbons (Fsp3) is 0.444. The Bertz CT molecular complexity index is 950. The second kappa shape index (κ2) is 12.3. The third-order valence-electron chi connectivity index (χ3n) is 5.09. The average Bonchev–Trinajstić information content (AvgIpc) is 2.77. The summed E-state index contributed by atoms with van der Waals surface area (Å²) in [4.78, 5) is 38.1. The molecule has 0 bridgehead atoms. The normalized spacial score (nSPS) is 13.1. The van der Waals surface area contributed by atoms with Gasteiger partial charge in [-0.3, -0.25) is 9.59 Å². The predicted molar refractivity (Wildman–Crippen MR) is 134 cm³/mol. The molecule has 7 heteroatoms. The number of benzene rings is 2. The number of amides is 2. The monoisotopic (exact) mass is 467 g/mol. The van der Waals surface area contributed by atoms with Gasteiger partial charge in [-0.05, 0) is 70.0 Å². The van der Waals surface area contributed by atoms with Gasteiger partial charge in [-0.25, -0.2) is 4.79 Å². The number of esters is 1. The molecule has 0 aliphatic heterocycles. The van der Waals surface area contributed by atoms with Gasteiger partial charge in [0, 0.05) is 12.0 Å². The van der Waals surface area contributed by atoms with E-state index in [4.69, 9.17) is 4.74 Å². The lowest BCUT2D eigenvalue weighted by atomic mass is 10.0. The fourth-order valence-corrected chi connectivity index (χ4v) is 3.44. The lowest BCUT2D eigenvalue weighted by Gasteiger charge is -2.27. The number of likely N-dealkylation sites (N-methyl/N-ethyl adjacent to an activating group) is 1. The zero-order valence-electron chi connectivity index (χ0n) is 21.0. The molecule has 7 nitrogen and oxygen atoms in total. The van der Waals surface area contributed by atoms with Crippen LogP contribution in [0.4, 0.5) is 0 Å². The van der Waals surface area contributed by atoms with Crippen LogP contribution in [0.5, 0.6) is 5.75 Å². The van der Waals surface area contributed by atoms with E-state index in [1.165, 1.54) is 0 Å². The number of carbonyl (C=O) groups is 3. The first-order valence-electron chi connectivity index (χ1n) is 11.6. The van der Waals surface area contributed by atoms with Crippen molar-refractivity contribution in [3.63, 3.8) is 0 Å². The summed E-state index contributed by atoms with van der Waals surface area (Å²) in [5.74, 6) is -0.162. The second-order valence-corrected chi connectivity index (χ2v) is 9.87. The van der Waals surface area contributed by atoms with Gasteiger partial charge in [0.15, 0.2) is 0 Å². The molecule has 2 atom stereocenters. The minimum atomic E-state index is -0.743. The summed E-state index contributed by atoms with van der Waals surface area (Å²) in [7, 11) is 1.74. The third kappa shape index (κ3) is 8.98. The summed E-state index contributed by atoms with van der Waals surface area (Å²) < 4.78 is 5.42. The molecule has 2 aromatic carbocycles. The molecule has 0 saturated heterocycles. The Hall–Kier alpha value is -3.19. The molecular formula is C27H37N3O4. The van der Waals surface area contributed by atoms with Crippen molar-refractivity contribution in [2.24, 2.45) is 5.92 Å². The first-order chi connectivity index (χ1) is 16.0. The molecule has 3 N–H and O–H groups in total. The summed E-state index contributed by atoms with van der Waals surface area (Å²) in [5.41, 5.74) is 0.864. The van der Waals surface area contributed by atoms with Gasteiger partial charge in [0.05, 0.1) is 11.6 Å². The van der Waals surface area contributed by atoms with Crippen LogP contribution >= 0.6 is 0 Å². The van der Waals surface area contributed by atoms with Crippen LogP contribution in [0.3, 0.4) is 0 Å². The van der Waals surface area contributed by atoms with E-state index in [0.29, 0.717) is 30.1 Å². The van der Waals surface area contributed by atoms with Crippen LogP contribution in [0.2, 0.25) is 0 Å². The van der Waals surface area contributed by atoms with E-state index in [0.717, 1.165) is 5.56 Å². The van der Waals surface area contributed by atoms with Crippen LogP contribution < -0.4 is 20.7 Å². The van der Waals surface area contributed by atoms with Gasteiger partial charge < -0.3 is 20.7 Å². The van der Waals surface area contributed by atoms with Crippen LogP contribution in [0.25, 0.3) is 0 Å². The summed E-state index contributed by atoms with van der Waals surface area (Å²) >= 11 is 0. The van der Waals surface area contributed by atoms with Crippen LogP contribution in [0.1, 0.15) is 57.0 Å². The molecule has 2 amide bonds. The highest BCUT2D eigenvalue weighted by Crippen LogP contribution is 2.16. The van der Waals surface area contributed by atoms with E-state index in [-0.39, 0.29) is 17.9 Å². The quantitative estimate of drug-likeness (QED) is 0.367. The summed E-state index contributed by atoms with van der Waals surface area (Å²) in [6, 6.07) is 14.6. The maximum Gasteiger partial charge on any atom is 0.343 e. The molecule has 0 radical (unpaired) electrons. The minimum Gasteiger partial charge on any atom is -0.423 e. The molecule has 0 aliphatic rings. The van der Waals surface area contributed by atoms with Crippen molar-refractivity contribution in [2.45, 2.75) is 65.1 Å². The Kier molecular flexibility index (Phi) is 9.81. The van der Waals surface area contributed by atoms with Gasteiger partial charge in [0.1, 0.15) is 11.8 Å². The maximum atomic E-state index is 13.0. The molecule has 0 fully saturated rings. The van der Waals surface area contributed by atoms with E-state index in [1.54, 1.807) is 55.6 Å². The van der Waals surface area contributed by atoms with E-state index < -0.39 is 17.6 Å². The Balaban J connectivity index is 2.12. The molecule has 2 aromatic rings. The fourth-order valence-electron chi connectivity index (χ4n) is 3.44. The molecular weight excluding hydrogens is 430 g/mol. The highest BCUT2D eigenvalue weighted by molar-refractivity contribution is 5.91. The van der Waals surface area contributed by atoms with Gasteiger partial charge in [0.2, 0.25) is 11.8 Å². The molecule has 0 saturated carbocycles. The van der Waals surface area contributed by atoms with E-state index in [2.05, 4.69) is 16.0 Å². The van der Waals surface area contributed by atoms with Gasteiger partial charge in [0.25, 0.3) is 0 Å². The van der Waals surface area contributed by atoms with Gasteiger partial charge in [-0.2, -0.15) is 0 Å². The van der Waals surface area contributed by atoms with Crippen molar-refractivity contribution in [1.82, 2.24) is 16.0 Å². The molecule has 0 heterocycles. The second-order valence-electron chi connectivity index (χ2n) is 9.87. The Morgan fingerprint density at radius 1 is 0.882 bits per heavy atom. The van der Waals surface area contributed by atoms with Gasteiger partial charge in [-0.1, -0.05) is 44.2 Å². The number of nitrogens with one attached hydrogen (secondary N) is 3. The molecule has 0 spiro atoms. The largest absolute Gasteiger partial charge is 0.423 e. The highest BCUT2D eigenvalue weighted by Gasteiger charge is 2.27. The standard InChI is InChI=1S/C27H37N3O4/c1-18(2)16-22(28-6)24(31)29-23(25(32)30-27(3,4)5)17-19-12-14-21(15-13-19)34-26(33)20-10-8-7-9-11-20/h7-15,18,22-23,28H,16-17H2,1-6H3,(H,29,31)(H,30,32)/t22-,23-/m0/s1. The van der Waals surface area contributed by atoms with Crippen molar-refractivity contribution in [1.29, 1.82) is 0 Å². The van der Waals surface area contributed by atoms with Crippen molar-refractivity contribution >= 4 is 17.8 Å². The number of rotatable bonds is 10. The Labute approximate surface area is 202 Å². The number of hydrogen-bond donors (Lipinski definition) is 3. The van der Waals surface area contributed by atoms with Crippen LogP contribution in [0.15, 0.2) is 54.6 Å². The average molecular weight is 468 g/mol. The predicted octanol–water partition coefficient (Wildman–Crippen LogP) is 3.48. The number of ether oxygens (including phenoxy) is 1. The lowest BCUT2D eigenvalue weighted by Crippen LogP contribution is -2.56. The topological polar surface area (TPSA) is 96.5 Å². The van der Waals surface area contributed by atoms with E-state index in [1.807, 2.05) is 40.7 Å². The van der Waals surface area contributed by atoms with Crippen LogP contribution in [0, 0.1) is 5.92 Å². The summed E-state index contributed by atoms with van der Waals surface area (Å²) in [5, 5.41) is 8.91. The van der Waals surface area contributed by atoms with Gasteiger partial charge >= 0.3 is 5.97 Å². The summed E-state index contributed by atoms with van der Waals surface area (Å²) in [6.45, 7) is 9.79. The maximum absolute atomic E-state index is 13.0. The van der Waals surface area contributed by atoms with Crippen molar-refractivity contribution in [3.8, 4) is 5.75 Å². The molecule has 0 aromatic heterocycles. The van der Waals surface area contributed by atoms with Gasteiger partial charge in [-0.15, -0.1) is 0 Å². The molecule has 34 heavy (non-hydrogen) atoms. The zero-order valence-corrected chi connectivity index (χ0v) is 21.0. The lowest BCUT2D eigenvalue weighted by molar-refractivity contribution is -0.131. The van der Waals surface area contributed by atoms with E-state index in [9.17, 15) is 14.4 Å². The van der Waals surface area contributed by atoms with Crippen LogP contribution in [-0.2, 0) is 16.0 Å². The highest BCUT2D eigenvalue weighted by atomic mass is 16.5. The molecule has 2 rings (SSSR count).